The summed E-state index contributed by atoms with van der Waals surface area (Å²) in [7, 11) is -3.03. The van der Waals surface area contributed by atoms with Gasteiger partial charge < -0.3 is 9.73 Å². The molecule has 1 N–H and O–H groups in total. The number of hydrogen-bond donors (Lipinski definition) is 1. The van der Waals surface area contributed by atoms with E-state index in [9.17, 15) is 13.2 Å². The van der Waals surface area contributed by atoms with Crippen molar-refractivity contribution in [3.05, 3.63) is 59.7 Å². The number of carbonyl (C=O) groups excluding carboxylic acids is 1. The number of aryl methyl sites for hydroxylation is 1. The topological polar surface area (TPSA) is 102 Å². The Labute approximate surface area is 162 Å². The van der Waals surface area contributed by atoms with Gasteiger partial charge in [-0.2, -0.15) is 0 Å². The van der Waals surface area contributed by atoms with Crippen molar-refractivity contribution in [3.8, 4) is 22.9 Å². The van der Waals surface area contributed by atoms with Gasteiger partial charge in [0, 0.05) is 22.7 Å². The highest BCUT2D eigenvalue weighted by Crippen LogP contribution is 2.24. The molecule has 1 amide bonds. The highest BCUT2D eigenvalue weighted by atomic mass is 32.2. The van der Waals surface area contributed by atoms with E-state index in [1.807, 2.05) is 31.2 Å². The van der Waals surface area contributed by atoms with Gasteiger partial charge in [-0.15, -0.1) is 10.2 Å². The largest absolute Gasteiger partial charge is 0.416 e. The molecule has 0 unspecified atom stereocenters. The third-order valence-corrected chi connectivity index (χ3v) is 6.42. The van der Waals surface area contributed by atoms with E-state index in [0.717, 1.165) is 11.1 Å². The maximum Gasteiger partial charge on any atom is 0.251 e. The zero-order valence-electron chi connectivity index (χ0n) is 15.3. The van der Waals surface area contributed by atoms with Gasteiger partial charge in [0.25, 0.3) is 5.91 Å². The van der Waals surface area contributed by atoms with Crippen LogP contribution in [0.3, 0.4) is 0 Å². The minimum atomic E-state index is -3.03. The molecule has 144 valence electrons. The van der Waals surface area contributed by atoms with Crippen LogP contribution >= 0.6 is 0 Å². The maximum absolute atomic E-state index is 12.3. The van der Waals surface area contributed by atoms with Crippen molar-refractivity contribution in [2.24, 2.45) is 0 Å². The van der Waals surface area contributed by atoms with E-state index < -0.39 is 9.84 Å². The lowest BCUT2D eigenvalue weighted by Crippen LogP contribution is -2.35. The molecule has 1 fully saturated rings. The van der Waals surface area contributed by atoms with Crippen molar-refractivity contribution in [3.63, 3.8) is 0 Å². The predicted octanol–water partition coefficient (Wildman–Crippen LogP) is 2.63. The van der Waals surface area contributed by atoms with Crippen LogP contribution in [0.25, 0.3) is 22.9 Å². The van der Waals surface area contributed by atoms with E-state index >= 15 is 0 Å². The first-order valence-corrected chi connectivity index (χ1v) is 10.7. The number of nitrogens with one attached hydrogen (secondary N) is 1. The molecule has 1 saturated heterocycles. The number of benzene rings is 2. The monoisotopic (exact) mass is 397 g/mol. The zero-order chi connectivity index (χ0) is 19.7. The second-order valence-corrected chi connectivity index (χ2v) is 9.16. The molecule has 2 heterocycles. The lowest BCUT2D eigenvalue weighted by molar-refractivity contribution is 0.0941. The van der Waals surface area contributed by atoms with Gasteiger partial charge in [0.15, 0.2) is 9.84 Å². The molecule has 3 aromatic rings. The Morgan fingerprint density at radius 3 is 2.43 bits per heavy atom. The van der Waals surface area contributed by atoms with Crippen LogP contribution in [0, 0.1) is 6.92 Å². The van der Waals surface area contributed by atoms with Crippen molar-refractivity contribution >= 4 is 15.7 Å². The summed E-state index contributed by atoms with van der Waals surface area (Å²) in [4.78, 5) is 12.3. The SMILES string of the molecule is Cc1cccc(-c2nnc(-c3ccc(C(=O)N[C@@H]4CCS(=O)(=O)C4)cc3)o2)c1. The molecule has 1 aliphatic rings. The third kappa shape index (κ3) is 3.96. The van der Waals surface area contributed by atoms with E-state index in [1.54, 1.807) is 24.3 Å². The Hall–Kier alpha value is -3.00. The highest BCUT2D eigenvalue weighted by Gasteiger charge is 2.29. The van der Waals surface area contributed by atoms with Gasteiger partial charge in [-0.1, -0.05) is 17.7 Å². The van der Waals surface area contributed by atoms with Crippen molar-refractivity contribution in [1.82, 2.24) is 15.5 Å². The summed E-state index contributed by atoms with van der Waals surface area (Å²) in [6.45, 7) is 1.99. The second kappa shape index (κ2) is 7.20. The molecule has 0 spiro atoms. The number of sulfone groups is 1. The summed E-state index contributed by atoms with van der Waals surface area (Å²) >= 11 is 0. The molecule has 0 radical (unpaired) electrons. The number of rotatable bonds is 4. The highest BCUT2D eigenvalue weighted by molar-refractivity contribution is 7.91. The van der Waals surface area contributed by atoms with E-state index in [1.165, 1.54) is 0 Å². The Morgan fingerprint density at radius 2 is 1.79 bits per heavy atom. The van der Waals surface area contributed by atoms with Crippen LogP contribution in [0.2, 0.25) is 0 Å². The first kappa shape index (κ1) is 18.4. The fourth-order valence-corrected chi connectivity index (χ4v) is 4.85. The summed E-state index contributed by atoms with van der Waals surface area (Å²) in [5.74, 6) is 0.630. The van der Waals surface area contributed by atoms with Crippen molar-refractivity contribution in [2.75, 3.05) is 11.5 Å². The first-order valence-electron chi connectivity index (χ1n) is 8.92. The van der Waals surface area contributed by atoms with Crippen LogP contribution in [-0.2, 0) is 9.84 Å². The molecule has 28 heavy (non-hydrogen) atoms. The molecule has 2 aromatic carbocycles. The molecule has 4 rings (SSSR count). The summed E-state index contributed by atoms with van der Waals surface area (Å²) in [5, 5.41) is 10.9. The summed E-state index contributed by atoms with van der Waals surface area (Å²) in [6, 6.07) is 14.2. The van der Waals surface area contributed by atoms with Gasteiger partial charge in [0.1, 0.15) is 0 Å². The number of hydrogen-bond acceptors (Lipinski definition) is 6. The second-order valence-electron chi connectivity index (χ2n) is 6.93. The maximum atomic E-state index is 12.3. The van der Waals surface area contributed by atoms with Gasteiger partial charge in [0.05, 0.1) is 11.5 Å². The molecule has 1 aliphatic heterocycles. The minimum absolute atomic E-state index is 0.000541. The van der Waals surface area contributed by atoms with Crippen molar-refractivity contribution < 1.29 is 17.6 Å². The summed E-state index contributed by atoms with van der Waals surface area (Å²) < 4.78 is 28.8. The van der Waals surface area contributed by atoms with Crippen LogP contribution in [0.1, 0.15) is 22.3 Å². The molecule has 0 bridgehead atoms. The standard InChI is InChI=1S/C20H19N3O4S/c1-13-3-2-4-16(11-13)20-23-22-19(27-20)15-7-5-14(6-8-15)18(24)21-17-9-10-28(25,26)12-17/h2-8,11,17H,9-10,12H2,1H3,(H,21,24)/t17-/m1/s1. The van der Waals surface area contributed by atoms with E-state index in [0.29, 0.717) is 29.3 Å². The number of nitrogens with zero attached hydrogens (tertiary/aromatic N) is 2. The molecule has 8 heteroatoms. The summed E-state index contributed by atoms with van der Waals surface area (Å²) in [6.07, 6.45) is 0.454. The van der Waals surface area contributed by atoms with E-state index in [4.69, 9.17) is 4.42 Å². The molecule has 7 nitrogen and oxygen atoms in total. The van der Waals surface area contributed by atoms with Crippen LogP contribution in [0.5, 0.6) is 0 Å². The quantitative estimate of drug-likeness (QED) is 0.726. The Balaban J connectivity index is 1.47. The normalized spacial score (nSPS) is 18.1. The first-order chi connectivity index (χ1) is 13.4. The predicted molar refractivity (Wildman–Crippen MR) is 104 cm³/mol. The van der Waals surface area contributed by atoms with E-state index in [2.05, 4.69) is 15.5 Å². The van der Waals surface area contributed by atoms with Gasteiger partial charge in [0.2, 0.25) is 11.8 Å². The Morgan fingerprint density at radius 1 is 1.07 bits per heavy atom. The lowest BCUT2D eigenvalue weighted by atomic mass is 10.1. The van der Waals surface area contributed by atoms with Gasteiger partial charge >= 0.3 is 0 Å². The fraction of sp³-hybridized carbons (Fsp3) is 0.250. The van der Waals surface area contributed by atoms with Gasteiger partial charge in [-0.25, -0.2) is 8.42 Å². The van der Waals surface area contributed by atoms with Crippen LogP contribution < -0.4 is 5.32 Å². The number of carbonyl (C=O) groups is 1. The zero-order valence-corrected chi connectivity index (χ0v) is 16.1. The van der Waals surface area contributed by atoms with Crippen molar-refractivity contribution in [1.29, 1.82) is 0 Å². The summed E-state index contributed by atoms with van der Waals surface area (Å²) in [5.41, 5.74) is 3.10. The van der Waals surface area contributed by atoms with Crippen LogP contribution in [0.15, 0.2) is 52.9 Å². The molecule has 1 atom stereocenters. The third-order valence-electron chi connectivity index (χ3n) is 4.65. The average molecular weight is 397 g/mol. The fourth-order valence-electron chi connectivity index (χ4n) is 3.18. The van der Waals surface area contributed by atoms with Crippen LogP contribution in [0.4, 0.5) is 0 Å². The lowest BCUT2D eigenvalue weighted by Gasteiger charge is -2.10. The Kier molecular flexibility index (Phi) is 4.72. The van der Waals surface area contributed by atoms with Gasteiger partial charge in [-0.3, -0.25) is 4.79 Å². The minimum Gasteiger partial charge on any atom is -0.416 e. The smallest absolute Gasteiger partial charge is 0.251 e. The van der Waals surface area contributed by atoms with Crippen molar-refractivity contribution in [2.45, 2.75) is 19.4 Å². The van der Waals surface area contributed by atoms with E-state index in [-0.39, 0.29) is 23.5 Å². The molecule has 1 aromatic heterocycles. The number of aromatic nitrogens is 2. The molecule has 0 saturated carbocycles. The Bertz CT molecular complexity index is 1120. The van der Waals surface area contributed by atoms with Gasteiger partial charge in [-0.05, 0) is 49.7 Å². The molecular formula is C20H19N3O4S. The van der Waals surface area contributed by atoms with Crippen LogP contribution in [-0.4, -0.2) is 42.1 Å². The number of amides is 1. The molecular weight excluding hydrogens is 378 g/mol. The molecule has 0 aliphatic carbocycles. The average Bonchev–Trinajstić information content (AvgIpc) is 3.28.